The predicted molar refractivity (Wildman–Crippen MR) is 53.9 cm³/mol. The van der Waals surface area contributed by atoms with Crippen LogP contribution in [-0.4, -0.2) is 24.0 Å². The average Bonchev–Trinajstić information content (AvgIpc) is 2.11. The van der Waals surface area contributed by atoms with E-state index in [0.29, 0.717) is 5.57 Å². The van der Waals surface area contributed by atoms with Crippen LogP contribution in [0.2, 0.25) is 0 Å². The highest BCUT2D eigenvalue weighted by atomic mass is 31.1. The minimum Gasteiger partial charge on any atom is -0.630 e. The maximum Gasteiger partial charge on any atom is 0.333 e. The Morgan fingerprint density at radius 3 is 2.69 bits per heavy atom. The number of hydrogen-bond acceptors (Lipinski definition) is 3. The summed E-state index contributed by atoms with van der Waals surface area (Å²) >= 11 is 0. The lowest BCUT2D eigenvalue weighted by Gasteiger charge is -2.08. The van der Waals surface area contributed by atoms with Gasteiger partial charge in [-0.25, -0.2) is 4.79 Å². The summed E-state index contributed by atoms with van der Waals surface area (Å²) in [7, 11) is -1.37. The largest absolute Gasteiger partial charge is 0.630 e. The van der Waals surface area contributed by atoms with Crippen molar-refractivity contribution in [3.63, 3.8) is 0 Å². The molecular weight excluding hydrogens is 187 g/mol. The van der Waals surface area contributed by atoms with Crippen LogP contribution in [0.3, 0.4) is 0 Å². The Kier molecular flexibility index (Phi) is 5.60. The van der Waals surface area contributed by atoms with Crippen molar-refractivity contribution in [3.8, 4) is 0 Å². The fraction of sp³-hybridized carbons (Fsp3) is 0.556. The summed E-state index contributed by atoms with van der Waals surface area (Å²) in [6, 6.07) is 0. The molecule has 74 valence electrons. The molecule has 0 fully saturated rings. The third-order valence-electron chi connectivity index (χ3n) is 1.49. The monoisotopic (exact) mass is 202 g/mol. The lowest BCUT2D eigenvalue weighted by Crippen LogP contribution is -2.16. The molecule has 3 nitrogen and oxygen atoms in total. The summed E-state index contributed by atoms with van der Waals surface area (Å²) < 4.78 is 4.85. The van der Waals surface area contributed by atoms with Crippen molar-refractivity contribution < 1.29 is 14.4 Å². The maximum absolute atomic E-state index is 11.2. The molecule has 0 aliphatic heterocycles. The van der Waals surface area contributed by atoms with Crippen molar-refractivity contribution in [1.82, 2.24) is 0 Å². The summed E-state index contributed by atoms with van der Waals surface area (Å²) in [5, 5.41) is 0. The molecule has 0 heterocycles. The lowest BCUT2D eigenvalue weighted by atomic mass is 10.4. The number of rotatable bonds is 4. The van der Waals surface area contributed by atoms with Gasteiger partial charge in [-0.2, -0.15) is 0 Å². The van der Waals surface area contributed by atoms with E-state index in [2.05, 4.69) is 6.58 Å². The van der Waals surface area contributed by atoms with Crippen LogP contribution >= 0.6 is 7.77 Å². The number of ether oxygens (including phenoxy) is 1. The predicted octanol–water partition coefficient (Wildman–Crippen LogP) is 1.07. The van der Waals surface area contributed by atoms with Crippen molar-refractivity contribution in [2.24, 2.45) is 0 Å². The van der Waals surface area contributed by atoms with Crippen LogP contribution in [0.4, 0.5) is 0 Å². The molecule has 2 unspecified atom stereocenters. The minimum atomic E-state index is -1.37. The first-order chi connectivity index (χ1) is 5.99. The molecule has 0 N–H and O–H groups in total. The first kappa shape index (κ1) is 12.3. The van der Waals surface area contributed by atoms with E-state index in [0.717, 1.165) is 0 Å². The van der Waals surface area contributed by atoms with E-state index in [4.69, 9.17) is 4.74 Å². The zero-order chi connectivity index (χ0) is 10.4. The Hall–Kier alpha value is -0.660. The molecule has 13 heavy (non-hydrogen) atoms. The van der Waals surface area contributed by atoms with E-state index in [1.165, 1.54) is 0 Å². The minimum absolute atomic E-state index is 0.122. The molecule has 0 aromatic heterocycles. The summed E-state index contributed by atoms with van der Waals surface area (Å²) in [5.41, 5.74) is 0.242. The number of esters is 1. The Bertz CT molecular complexity index is 233. The van der Waals surface area contributed by atoms with Crippen molar-refractivity contribution >= 4 is 19.5 Å². The van der Waals surface area contributed by atoms with Crippen LogP contribution in [-0.2, 0) is 9.53 Å². The van der Waals surface area contributed by atoms with E-state index < -0.39 is 13.7 Å². The molecule has 0 spiro atoms. The lowest BCUT2D eigenvalue weighted by molar-refractivity contribution is -0.156. The molecule has 0 saturated carbocycles. The Balaban J connectivity index is 3.90. The topological polar surface area (TPSA) is 49.4 Å². The van der Waals surface area contributed by atoms with E-state index >= 15 is 0 Å². The van der Waals surface area contributed by atoms with Crippen LogP contribution in [0.5, 0.6) is 0 Å². The Morgan fingerprint density at radius 2 is 2.31 bits per heavy atom. The molecule has 0 aromatic rings. The fourth-order valence-electron chi connectivity index (χ4n) is 0.647. The third-order valence-corrected chi connectivity index (χ3v) is 3.02. The quantitative estimate of drug-likeness (QED) is 0.389. The van der Waals surface area contributed by atoms with Crippen LogP contribution in [0.1, 0.15) is 20.8 Å². The average molecular weight is 202 g/mol. The van der Waals surface area contributed by atoms with Crippen LogP contribution in [0, 0.1) is 0 Å². The van der Waals surface area contributed by atoms with Gasteiger partial charge in [-0.1, -0.05) is 6.58 Å². The van der Waals surface area contributed by atoms with Gasteiger partial charge in [-0.3, -0.25) is 0 Å². The van der Waals surface area contributed by atoms with Gasteiger partial charge >= 0.3 is 5.97 Å². The van der Waals surface area contributed by atoms with Gasteiger partial charge in [0.05, 0.1) is 13.6 Å². The van der Waals surface area contributed by atoms with Gasteiger partial charge in [0, 0.05) is 5.57 Å². The normalized spacial score (nSPS) is 13.7. The molecule has 4 heteroatoms. The fourth-order valence-corrected chi connectivity index (χ4v) is 1.38. The molecule has 0 rings (SSSR count). The molecule has 0 bridgehead atoms. The highest BCUT2D eigenvalue weighted by molar-refractivity contribution is 7.50. The van der Waals surface area contributed by atoms with Gasteiger partial charge in [0.2, 0.25) is 0 Å². The summed E-state index contributed by atoms with van der Waals surface area (Å²) in [6.45, 7) is 8.72. The zero-order valence-corrected chi connectivity index (χ0v) is 9.14. The van der Waals surface area contributed by atoms with Gasteiger partial charge in [0.25, 0.3) is 0 Å². The van der Waals surface area contributed by atoms with E-state index in [1.54, 1.807) is 26.6 Å². The molecule has 0 aliphatic carbocycles. The van der Waals surface area contributed by atoms with E-state index in [1.807, 2.05) is 0 Å². The number of hydrogen-bond donors (Lipinski definition) is 0. The second-order valence-electron chi connectivity index (χ2n) is 2.85. The number of carbonyl (C=O) groups is 1. The van der Waals surface area contributed by atoms with Gasteiger partial charge < -0.3 is 9.63 Å². The molecular formula is C9H15O3P. The van der Waals surface area contributed by atoms with E-state index in [-0.39, 0.29) is 12.3 Å². The smallest absolute Gasteiger partial charge is 0.333 e. The SMILES string of the molecule is C=C(C)C(=O)OCC(C)[P+]([O-])=CC. The summed E-state index contributed by atoms with van der Waals surface area (Å²) in [4.78, 5) is 22.1. The highest BCUT2D eigenvalue weighted by Gasteiger charge is 2.12. The molecule has 0 aromatic carbocycles. The molecule has 2 atom stereocenters. The maximum atomic E-state index is 11.2. The van der Waals surface area contributed by atoms with Gasteiger partial charge in [0.1, 0.15) is 12.3 Å². The van der Waals surface area contributed by atoms with Gasteiger partial charge in [-0.05, 0) is 20.8 Å². The van der Waals surface area contributed by atoms with Crippen molar-refractivity contribution in [2.75, 3.05) is 6.61 Å². The zero-order valence-electron chi connectivity index (χ0n) is 8.24. The molecule has 0 saturated heterocycles. The Morgan fingerprint density at radius 1 is 1.77 bits per heavy atom. The van der Waals surface area contributed by atoms with Crippen LogP contribution in [0.25, 0.3) is 0 Å². The number of carbonyl (C=O) groups excluding carboxylic acids is 1. The van der Waals surface area contributed by atoms with Crippen molar-refractivity contribution in [1.29, 1.82) is 0 Å². The summed E-state index contributed by atoms with van der Waals surface area (Å²) in [6.07, 6.45) is 0. The standard InChI is InChI=1S/C9H15O3P/c1-5-13(11)8(4)6-12-9(10)7(2)3/h5,8H,2,6H2,1,3-4H3. The Labute approximate surface area is 79.9 Å². The summed E-state index contributed by atoms with van der Waals surface area (Å²) in [5.74, 6) is 1.19. The second-order valence-corrected chi connectivity index (χ2v) is 4.96. The second kappa shape index (κ2) is 5.90. The van der Waals surface area contributed by atoms with Crippen LogP contribution in [0.15, 0.2) is 12.2 Å². The highest BCUT2D eigenvalue weighted by Crippen LogP contribution is 2.18. The van der Waals surface area contributed by atoms with E-state index in [9.17, 15) is 9.69 Å². The van der Waals surface area contributed by atoms with Gasteiger partial charge in [0.15, 0.2) is 0 Å². The van der Waals surface area contributed by atoms with Crippen molar-refractivity contribution in [2.45, 2.75) is 26.4 Å². The molecule has 0 aliphatic rings. The van der Waals surface area contributed by atoms with Gasteiger partial charge in [-0.15, -0.1) is 0 Å². The third kappa shape index (κ3) is 4.81. The first-order valence-corrected chi connectivity index (χ1v) is 5.46. The van der Waals surface area contributed by atoms with Crippen LogP contribution < -0.4 is 4.89 Å². The molecule has 0 radical (unpaired) electrons. The van der Waals surface area contributed by atoms with Crippen molar-refractivity contribution in [3.05, 3.63) is 12.2 Å². The first-order valence-electron chi connectivity index (χ1n) is 4.06. The molecule has 0 amide bonds.